The van der Waals surface area contributed by atoms with Gasteiger partial charge in [0.25, 0.3) is 0 Å². The van der Waals surface area contributed by atoms with Crippen LogP contribution in [0.1, 0.15) is 27.2 Å². The topological polar surface area (TPSA) is 54.0 Å². The Morgan fingerprint density at radius 1 is 1.14 bits per heavy atom. The number of hydrogen-bond donors (Lipinski definition) is 0. The minimum Gasteiger partial charge on any atom is -0.493 e. The van der Waals surface area contributed by atoms with Gasteiger partial charge in [0.05, 0.1) is 19.3 Å². The minimum absolute atomic E-state index is 0.0910. The van der Waals surface area contributed by atoms with Crippen LogP contribution < -0.4 is 9.47 Å². The molecule has 0 heterocycles. The van der Waals surface area contributed by atoms with E-state index in [9.17, 15) is 4.79 Å². The van der Waals surface area contributed by atoms with Gasteiger partial charge in [0, 0.05) is 26.0 Å². The summed E-state index contributed by atoms with van der Waals surface area (Å²) >= 11 is 0. The Morgan fingerprint density at radius 2 is 1.77 bits per heavy atom. The van der Waals surface area contributed by atoms with E-state index < -0.39 is 0 Å². The number of carbonyl (C=O) groups excluding carboxylic acids is 1. The molecule has 2 atom stereocenters. The highest BCUT2D eigenvalue weighted by atomic mass is 16.5. The van der Waals surface area contributed by atoms with Gasteiger partial charge >= 0.3 is 5.97 Å². The van der Waals surface area contributed by atoms with E-state index in [1.807, 2.05) is 31.2 Å². The molecule has 0 spiro atoms. The predicted molar refractivity (Wildman–Crippen MR) is 84.3 cm³/mol. The average molecular weight is 310 g/mol. The summed E-state index contributed by atoms with van der Waals surface area (Å²) in [6.45, 7) is 6.77. The summed E-state index contributed by atoms with van der Waals surface area (Å²) in [5.41, 5.74) is 0. The maximum absolute atomic E-state index is 10.8. The van der Waals surface area contributed by atoms with Crippen molar-refractivity contribution in [3.63, 3.8) is 0 Å². The SMILES string of the molecule is CCC(COc1cccc(OCC(C)COC(C)=O)c1)OC. The van der Waals surface area contributed by atoms with E-state index in [0.29, 0.717) is 19.8 Å². The smallest absolute Gasteiger partial charge is 0.302 e. The number of esters is 1. The lowest BCUT2D eigenvalue weighted by Crippen LogP contribution is -2.19. The van der Waals surface area contributed by atoms with Gasteiger partial charge in [-0.1, -0.05) is 19.9 Å². The van der Waals surface area contributed by atoms with Crippen molar-refractivity contribution in [3.8, 4) is 11.5 Å². The molecule has 0 aromatic heterocycles. The second-order valence-electron chi connectivity index (χ2n) is 5.27. The third-order valence-electron chi connectivity index (χ3n) is 3.14. The molecule has 1 rings (SSSR count). The number of ether oxygens (including phenoxy) is 4. The van der Waals surface area contributed by atoms with E-state index in [0.717, 1.165) is 17.9 Å². The Kier molecular flexibility index (Phi) is 8.36. The summed E-state index contributed by atoms with van der Waals surface area (Å²) in [7, 11) is 1.68. The lowest BCUT2D eigenvalue weighted by atomic mass is 10.2. The fourth-order valence-corrected chi connectivity index (χ4v) is 1.74. The summed E-state index contributed by atoms with van der Waals surface area (Å²) in [4.78, 5) is 10.8. The molecule has 0 aliphatic heterocycles. The molecule has 1 aromatic rings. The Labute approximate surface area is 132 Å². The van der Waals surface area contributed by atoms with Crippen LogP contribution in [0.5, 0.6) is 11.5 Å². The zero-order valence-electron chi connectivity index (χ0n) is 13.8. The van der Waals surface area contributed by atoms with Crippen molar-refractivity contribution in [1.29, 1.82) is 0 Å². The second kappa shape index (κ2) is 10.1. The maximum atomic E-state index is 10.8. The van der Waals surface area contributed by atoms with Crippen LogP contribution in [0.15, 0.2) is 24.3 Å². The van der Waals surface area contributed by atoms with Crippen molar-refractivity contribution in [2.45, 2.75) is 33.3 Å². The van der Waals surface area contributed by atoms with Crippen LogP contribution in [0.2, 0.25) is 0 Å². The van der Waals surface area contributed by atoms with Crippen molar-refractivity contribution in [3.05, 3.63) is 24.3 Å². The minimum atomic E-state index is -0.272. The Bertz CT molecular complexity index is 442. The molecule has 0 fully saturated rings. The van der Waals surface area contributed by atoms with Crippen LogP contribution in [0, 0.1) is 5.92 Å². The van der Waals surface area contributed by atoms with Gasteiger partial charge in [-0.15, -0.1) is 0 Å². The third-order valence-corrected chi connectivity index (χ3v) is 3.14. The van der Waals surface area contributed by atoms with Crippen LogP contribution in [-0.4, -0.2) is 39.0 Å². The Hall–Kier alpha value is -1.75. The third kappa shape index (κ3) is 7.31. The highest BCUT2D eigenvalue weighted by molar-refractivity contribution is 5.65. The number of carbonyl (C=O) groups is 1. The van der Waals surface area contributed by atoms with Gasteiger partial charge in [0.1, 0.15) is 18.1 Å². The maximum Gasteiger partial charge on any atom is 0.302 e. The van der Waals surface area contributed by atoms with Gasteiger partial charge in [0.2, 0.25) is 0 Å². The highest BCUT2D eigenvalue weighted by Crippen LogP contribution is 2.20. The first-order valence-electron chi connectivity index (χ1n) is 7.57. The predicted octanol–water partition coefficient (Wildman–Crippen LogP) is 3.07. The molecule has 1 aromatic carbocycles. The molecule has 2 unspecified atom stereocenters. The van der Waals surface area contributed by atoms with Crippen LogP contribution in [-0.2, 0) is 14.3 Å². The number of rotatable bonds is 10. The van der Waals surface area contributed by atoms with Gasteiger partial charge in [0.15, 0.2) is 0 Å². The molecule has 0 aliphatic rings. The molecule has 0 aliphatic carbocycles. The summed E-state index contributed by atoms with van der Waals surface area (Å²) < 4.78 is 21.6. The molecule has 0 saturated carbocycles. The molecular formula is C17H26O5. The lowest BCUT2D eigenvalue weighted by Gasteiger charge is -2.16. The fourth-order valence-electron chi connectivity index (χ4n) is 1.74. The van der Waals surface area contributed by atoms with E-state index in [2.05, 4.69) is 6.92 Å². The van der Waals surface area contributed by atoms with Crippen molar-refractivity contribution in [2.75, 3.05) is 26.9 Å². The van der Waals surface area contributed by atoms with E-state index in [1.54, 1.807) is 7.11 Å². The summed E-state index contributed by atoms with van der Waals surface area (Å²) in [5, 5.41) is 0. The zero-order valence-corrected chi connectivity index (χ0v) is 13.8. The zero-order chi connectivity index (χ0) is 16.4. The molecule has 5 heteroatoms. The monoisotopic (exact) mass is 310 g/mol. The van der Waals surface area contributed by atoms with E-state index >= 15 is 0 Å². The van der Waals surface area contributed by atoms with Crippen molar-refractivity contribution >= 4 is 5.97 Å². The van der Waals surface area contributed by atoms with E-state index in [-0.39, 0.29) is 18.0 Å². The van der Waals surface area contributed by atoms with Gasteiger partial charge in [-0.25, -0.2) is 0 Å². The highest BCUT2D eigenvalue weighted by Gasteiger charge is 2.08. The molecule has 0 N–H and O–H groups in total. The summed E-state index contributed by atoms with van der Waals surface area (Å²) in [6.07, 6.45) is 0.994. The van der Waals surface area contributed by atoms with Gasteiger partial charge in [-0.2, -0.15) is 0 Å². The molecule has 5 nitrogen and oxygen atoms in total. The largest absolute Gasteiger partial charge is 0.493 e. The molecule has 22 heavy (non-hydrogen) atoms. The number of methoxy groups -OCH3 is 1. The first-order valence-corrected chi connectivity index (χ1v) is 7.57. The molecule has 0 amide bonds. The van der Waals surface area contributed by atoms with Crippen LogP contribution >= 0.6 is 0 Å². The molecule has 124 valence electrons. The average Bonchev–Trinajstić information content (AvgIpc) is 2.52. The first kappa shape index (κ1) is 18.3. The van der Waals surface area contributed by atoms with Gasteiger partial charge < -0.3 is 18.9 Å². The molecule has 0 saturated heterocycles. The van der Waals surface area contributed by atoms with Crippen LogP contribution in [0.3, 0.4) is 0 Å². The fraction of sp³-hybridized carbons (Fsp3) is 0.588. The Balaban J connectivity index is 2.41. The number of benzene rings is 1. The van der Waals surface area contributed by atoms with E-state index in [1.165, 1.54) is 6.92 Å². The standard InChI is InChI=1S/C17H26O5/c1-5-15(19-4)12-22-17-8-6-7-16(9-17)21-11-13(2)10-20-14(3)18/h6-9,13,15H,5,10-12H2,1-4H3. The quantitative estimate of drug-likeness (QED) is 0.622. The second-order valence-corrected chi connectivity index (χ2v) is 5.27. The summed E-state index contributed by atoms with van der Waals surface area (Å²) in [6, 6.07) is 7.49. The van der Waals surface area contributed by atoms with Gasteiger partial charge in [-0.3, -0.25) is 4.79 Å². The van der Waals surface area contributed by atoms with Crippen molar-refractivity contribution in [1.82, 2.24) is 0 Å². The molecule has 0 radical (unpaired) electrons. The van der Waals surface area contributed by atoms with E-state index in [4.69, 9.17) is 18.9 Å². The van der Waals surface area contributed by atoms with Gasteiger partial charge in [-0.05, 0) is 18.6 Å². The van der Waals surface area contributed by atoms with Crippen molar-refractivity contribution < 1.29 is 23.7 Å². The Morgan fingerprint density at radius 3 is 2.32 bits per heavy atom. The first-order chi connectivity index (χ1) is 10.5. The molecular weight excluding hydrogens is 284 g/mol. The van der Waals surface area contributed by atoms with Crippen LogP contribution in [0.4, 0.5) is 0 Å². The van der Waals surface area contributed by atoms with Crippen LogP contribution in [0.25, 0.3) is 0 Å². The van der Waals surface area contributed by atoms with Crippen molar-refractivity contribution in [2.24, 2.45) is 5.92 Å². The lowest BCUT2D eigenvalue weighted by molar-refractivity contribution is -0.142. The normalized spacial score (nSPS) is 13.3. The molecule has 0 bridgehead atoms. The number of hydrogen-bond acceptors (Lipinski definition) is 5. The summed E-state index contributed by atoms with van der Waals surface area (Å²) in [5.74, 6) is 1.34.